The van der Waals surface area contributed by atoms with Gasteiger partial charge in [-0.1, -0.05) is 30.3 Å². The molecule has 0 aliphatic carbocycles. The molecule has 0 saturated heterocycles. The SMILES string of the molecule is Oc1ccccc1.[H-].[Li+].c1ccsc1. The van der Waals surface area contributed by atoms with E-state index < -0.39 is 0 Å². The number of aromatic hydroxyl groups is 1. The van der Waals surface area contributed by atoms with Gasteiger partial charge in [0, 0.05) is 0 Å². The van der Waals surface area contributed by atoms with E-state index in [9.17, 15) is 0 Å². The van der Waals surface area contributed by atoms with Crippen LogP contribution in [0.1, 0.15) is 1.43 Å². The molecule has 0 bridgehead atoms. The average molecular weight is 186 g/mol. The van der Waals surface area contributed by atoms with Crippen molar-refractivity contribution in [1.82, 2.24) is 0 Å². The predicted octanol–water partition coefficient (Wildman–Crippen LogP) is 0.257. The van der Waals surface area contributed by atoms with Crippen LogP contribution in [-0.4, -0.2) is 5.11 Å². The van der Waals surface area contributed by atoms with Crippen molar-refractivity contribution in [2.24, 2.45) is 0 Å². The molecule has 13 heavy (non-hydrogen) atoms. The van der Waals surface area contributed by atoms with E-state index in [2.05, 4.69) is 0 Å². The first-order valence-electron chi connectivity index (χ1n) is 3.61. The first-order chi connectivity index (χ1) is 5.89. The van der Waals surface area contributed by atoms with Crippen LogP contribution >= 0.6 is 11.3 Å². The molecule has 0 fully saturated rings. The molecule has 0 unspecified atom stereocenters. The smallest absolute Gasteiger partial charge is 1.00 e. The molecule has 0 saturated carbocycles. The zero-order chi connectivity index (χ0) is 8.65. The van der Waals surface area contributed by atoms with Gasteiger partial charge in [0.15, 0.2) is 0 Å². The molecular formula is C10H11LiOS. The number of hydrogen-bond donors (Lipinski definition) is 1. The summed E-state index contributed by atoms with van der Waals surface area (Å²) in [6, 6.07) is 12.7. The van der Waals surface area contributed by atoms with Gasteiger partial charge in [-0.2, -0.15) is 11.3 Å². The van der Waals surface area contributed by atoms with Gasteiger partial charge in [-0.3, -0.25) is 0 Å². The topological polar surface area (TPSA) is 20.2 Å². The summed E-state index contributed by atoms with van der Waals surface area (Å²) >= 11 is 1.71. The third-order valence-corrected chi connectivity index (χ3v) is 1.81. The Morgan fingerprint density at radius 2 is 1.46 bits per heavy atom. The Balaban J connectivity index is 0. The number of benzene rings is 1. The quantitative estimate of drug-likeness (QED) is 0.585. The van der Waals surface area contributed by atoms with Crippen molar-refractivity contribution in [3.05, 3.63) is 53.2 Å². The Bertz CT molecular complexity index is 269. The van der Waals surface area contributed by atoms with E-state index in [4.69, 9.17) is 5.11 Å². The van der Waals surface area contributed by atoms with Crippen molar-refractivity contribution in [3.63, 3.8) is 0 Å². The van der Waals surface area contributed by atoms with E-state index in [1.807, 2.05) is 29.0 Å². The molecule has 0 radical (unpaired) electrons. The maximum atomic E-state index is 8.63. The van der Waals surface area contributed by atoms with Crippen LogP contribution in [-0.2, 0) is 0 Å². The van der Waals surface area contributed by atoms with Crippen molar-refractivity contribution in [2.45, 2.75) is 0 Å². The van der Waals surface area contributed by atoms with E-state index in [0.29, 0.717) is 5.75 Å². The minimum Gasteiger partial charge on any atom is -1.00 e. The second-order valence-electron chi connectivity index (χ2n) is 2.13. The average Bonchev–Trinajstić information content (AvgIpc) is 2.62. The van der Waals surface area contributed by atoms with Gasteiger partial charge < -0.3 is 6.53 Å². The summed E-state index contributed by atoms with van der Waals surface area (Å²) in [5.41, 5.74) is 0. The zero-order valence-corrected chi connectivity index (χ0v) is 8.37. The van der Waals surface area contributed by atoms with Gasteiger partial charge in [-0.25, -0.2) is 0 Å². The minimum absolute atomic E-state index is 0. The molecule has 1 nitrogen and oxygen atoms in total. The minimum atomic E-state index is 0. The summed E-state index contributed by atoms with van der Waals surface area (Å²) < 4.78 is 0. The van der Waals surface area contributed by atoms with Gasteiger partial charge in [-0.05, 0) is 22.9 Å². The Morgan fingerprint density at radius 3 is 1.69 bits per heavy atom. The van der Waals surface area contributed by atoms with Crippen LogP contribution < -0.4 is 18.9 Å². The van der Waals surface area contributed by atoms with E-state index in [0.717, 1.165) is 0 Å². The molecule has 64 valence electrons. The van der Waals surface area contributed by atoms with E-state index >= 15 is 0 Å². The fraction of sp³-hybridized carbons (Fsp3) is 0. The summed E-state index contributed by atoms with van der Waals surface area (Å²) in [6.45, 7) is 0. The van der Waals surface area contributed by atoms with Crippen LogP contribution in [0.5, 0.6) is 5.75 Å². The van der Waals surface area contributed by atoms with Gasteiger partial charge in [0.1, 0.15) is 5.75 Å². The van der Waals surface area contributed by atoms with Gasteiger partial charge >= 0.3 is 18.9 Å². The first kappa shape index (κ1) is 12.3. The van der Waals surface area contributed by atoms with Crippen molar-refractivity contribution < 1.29 is 25.4 Å². The number of para-hydroxylation sites is 1. The van der Waals surface area contributed by atoms with Crippen molar-refractivity contribution in [1.29, 1.82) is 0 Å². The Hall–Kier alpha value is -0.683. The van der Waals surface area contributed by atoms with Crippen molar-refractivity contribution >= 4 is 11.3 Å². The summed E-state index contributed by atoms with van der Waals surface area (Å²) in [5.74, 6) is 0.322. The fourth-order valence-electron chi connectivity index (χ4n) is 0.655. The standard InChI is InChI=1S/C6H6O.C4H4S.Li.H/c7-6-4-2-1-3-5-6;1-2-4-5-3-1;;/h1-5,7H;1-4H;;/q;;+1;-1. The van der Waals surface area contributed by atoms with E-state index in [1.54, 1.807) is 35.6 Å². The molecular weight excluding hydrogens is 175 g/mol. The Morgan fingerprint density at radius 1 is 0.923 bits per heavy atom. The third kappa shape index (κ3) is 6.48. The molecule has 2 rings (SSSR count). The van der Waals surface area contributed by atoms with Crippen LogP contribution in [0.25, 0.3) is 0 Å². The second-order valence-corrected chi connectivity index (χ2v) is 2.95. The second kappa shape index (κ2) is 7.94. The molecule has 0 amide bonds. The van der Waals surface area contributed by atoms with Crippen LogP contribution in [0.3, 0.4) is 0 Å². The van der Waals surface area contributed by atoms with Gasteiger partial charge in [0.25, 0.3) is 0 Å². The molecule has 1 aromatic carbocycles. The first-order valence-corrected chi connectivity index (χ1v) is 4.55. The van der Waals surface area contributed by atoms with Crippen LogP contribution in [0.4, 0.5) is 0 Å². The molecule has 0 atom stereocenters. The normalized spacial score (nSPS) is 7.69. The molecule has 0 aliphatic heterocycles. The van der Waals surface area contributed by atoms with E-state index in [1.165, 1.54) is 0 Å². The predicted molar refractivity (Wildman–Crippen MR) is 53.5 cm³/mol. The largest absolute Gasteiger partial charge is 1.00 e. The maximum absolute atomic E-state index is 8.63. The van der Waals surface area contributed by atoms with Crippen LogP contribution in [0.15, 0.2) is 53.2 Å². The third-order valence-electron chi connectivity index (χ3n) is 1.18. The van der Waals surface area contributed by atoms with Gasteiger partial charge in [-0.15, -0.1) is 0 Å². The zero-order valence-electron chi connectivity index (χ0n) is 8.55. The van der Waals surface area contributed by atoms with E-state index in [-0.39, 0.29) is 20.3 Å². The van der Waals surface area contributed by atoms with Crippen LogP contribution in [0.2, 0.25) is 0 Å². The number of phenols is 1. The Kier molecular flexibility index (Phi) is 7.52. The maximum Gasteiger partial charge on any atom is 1.00 e. The summed E-state index contributed by atoms with van der Waals surface area (Å²) in [6.07, 6.45) is 0. The summed E-state index contributed by atoms with van der Waals surface area (Å²) in [5, 5.41) is 12.7. The molecule has 2 aromatic rings. The van der Waals surface area contributed by atoms with Crippen molar-refractivity contribution in [3.8, 4) is 5.75 Å². The monoisotopic (exact) mass is 186 g/mol. The van der Waals surface area contributed by atoms with Crippen LogP contribution in [0, 0.1) is 0 Å². The molecule has 1 aromatic heterocycles. The number of hydrogen-bond acceptors (Lipinski definition) is 2. The number of thiophene rings is 1. The molecule has 3 heteroatoms. The molecule has 0 spiro atoms. The number of phenolic OH excluding ortho intramolecular Hbond substituents is 1. The Labute approximate surface area is 95.7 Å². The summed E-state index contributed by atoms with van der Waals surface area (Å²) in [7, 11) is 0. The molecule has 1 heterocycles. The van der Waals surface area contributed by atoms with Crippen molar-refractivity contribution in [2.75, 3.05) is 0 Å². The van der Waals surface area contributed by atoms with Gasteiger partial charge in [0.05, 0.1) is 0 Å². The summed E-state index contributed by atoms with van der Waals surface area (Å²) in [4.78, 5) is 0. The molecule has 0 aliphatic rings. The fourth-order valence-corrected chi connectivity index (χ4v) is 1.11. The van der Waals surface area contributed by atoms with Gasteiger partial charge in [0.2, 0.25) is 0 Å². The molecule has 1 N–H and O–H groups in total. The number of rotatable bonds is 0.